The molecule has 2 nitrogen and oxygen atoms in total. The molecule has 0 bridgehead atoms. The largest absolute Gasteiger partial charge is 0.367 e. The first-order chi connectivity index (χ1) is 8.19. The van der Waals surface area contributed by atoms with Crippen LogP contribution in [0.5, 0.6) is 0 Å². The molecule has 1 N–H and O–H groups in total. The molecule has 94 valence electrons. The van der Waals surface area contributed by atoms with Gasteiger partial charge in [-0.25, -0.2) is 4.98 Å². The molecule has 1 saturated carbocycles. The Labute approximate surface area is 112 Å². The van der Waals surface area contributed by atoms with E-state index >= 15 is 0 Å². The Morgan fingerprint density at radius 2 is 2.00 bits per heavy atom. The van der Waals surface area contributed by atoms with Crippen LogP contribution < -0.4 is 5.32 Å². The molecule has 1 aliphatic carbocycles. The summed E-state index contributed by atoms with van der Waals surface area (Å²) in [5, 5.41) is 3.56. The Morgan fingerprint density at radius 3 is 2.59 bits per heavy atom. The minimum Gasteiger partial charge on any atom is -0.367 e. The molecule has 1 aromatic rings. The molecular formula is C14H21BrN2. The van der Waals surface area contributed by atoms with Crippen molar-refractivity contribution in [2.45, 2.75) is 52.0 Å². The summed E-state index contributed by atoms with van der Waals surface area (Å²) in [6, 6.07) is 4.75. The zero-order chi connectivity index (χ0) is 12.3. The van der Waals surface area contributed by atoms with Crippen molar-refractivity contribution in [3.63, 3.8) is 0 Å². The number of rotatable bonds is 3. The fraction of sp³-hybridized carbons (Fsp3) is 0.643. The molecule has 0 saturated heterocycles. The summed E-state index contributed by atoms with van der Waals surface area (Å²) in [7, 11) is 0. The van der Waals surface area contributed by atoms with E-state index in [0.717, 1.165) is 21.9 Å². The number of hydrogen-bond donors (Lipinski definition) is 1. The number of hydrogen-bond acceptors (Lipinski definition) is 2. The van der Waals surface area contributed by atoms with Gasteiger partial charge in [-0.1, -0.05) is 13.3 Å². The molecule has 0 spiro atoms. The van der Waals surface area contributed by atoms with Crippen LogP contribution >= 0.6 is 15.9 Å². The second kappa shape index (κ2) is 5.85. The van der Waals surface area contributed by atoms with Gasteiger partial charge in [-0.3, -0.25) is 0 Å². The average Bonchev–Trinajstić information content (AvgIpc) is 2.35. The smallest absolute Gasteiger partial charge is 0.126 e. The van der Waals surface area contributed by atoms with Crippen LogP contribution in [0.2, 0.25) is 0 Å². The first-order valence-corrected chi connectivity index (χ1v) is 7.38. The Bertz CT molecular complexity index is 370. The lowest BCUT2D eigenvalue weighted by Crippen LogP contribution is -2.26. The maximum Gasteiger partial charge on any atom is 0.126 e. The van der Waals surface area contributed by atoms with E-state index in [1.54, 1.807) is 0 Å². The number of aryl methyl sites for hydroxylation is 1. The molecule has 0 radical (unpaired) electrons. The Morgan fingerprint density at radius 1 is 1.29 bits per heavy atom. The van der Waals surface area contributed by atoms with Gasteiger partial charge in [0.2, 0.25) is 0 Å². The number of nitrogens with one attached hydrogen (secondary N) is 1. The van der Waals surface area contributed by atoms with Gasteiger partial charge in [0.1, 0.15) is 5.82 Å². The number of nitrogens with zero attached hydrogens (tertiary/aromatic N) is 1. The van der Waals surface area contributed by atoms with Crippen LogP contribution in [0, 0.1) is 12.8 Å². The Balaban J connectivity index is 1.91. The summed E-state index contributed by atoms with van der Waals surface area (Å²) in [5.41, 5.74) is 1.05. The number of anilines is 1. The normalized spacial score (nSPS) is 24.6. The van der Waals surface area contributed by atoms with Crippen molar-refractivity contribution in [3.05, 3.63) is 22.3 Å². The van der Waals surface area contributed by atoms with E-state index < -0.39 is 0 Å². The summed E-state index contributed by atoms with van der Waals surface area (Å²) in [4.78, 5) is 4.55. The molecule has 0 amide bonds. The Kier molecular flexibility index (Phi) is 4.43. The van der Waals surface area contributed by atoms with Crippen molar-refractivity contribution in [2.75, 3.05) is 5.32 Å². The van der Waals surface area contributed by atoms with Crippen molar-refractivity contribution < 1.29 is 0 Å². The van der Waals surface area contributed by atoms with Gasteiger partial charge < -0.3 is 5.32 Å². The molecule has 17 heavy (non-hydrogen) atoms. The van der Waals surface area contributed by atoms with E-state index in [-0.39, 0.29) is 0 Å². The summed E-state index contributed by atoms with van der Waals surface area (Å²) < 4.78 is 1.08. The van der Waals surface area contributed by atoms with E-state index in [9.17, 15) is 0 Å². The van der Waals surface area contributed by atoms with Gasteiger partial charge in [0.05, 0.1) is 5.69 Å². The van der Waals surface area contributed by atoms with Crippen molar-refractivity contribution in [2.24, 2.45) is 5.92 Å². The first kappa shape index (κ1) is 12.9. The van der Waals surface area contributed by atoms with Crippen molar-refractivity contribution in [3.8, 4) is 0 Å². The standard InChI is InChI=1S/C14H21BrN2/c1-3-11-4-6-12(7-5-11)17-14-9-8-13(15)10(2)16-14/h8-9,11-12H,3-7H2,1-2H3,(H,16,17). The fourth-order valence-corrected chi connectivity index (χ4v) is 2.77. The lowest BCUT2D eigenvalue weighted by atomic mass is 9.84. The van der Waals surface area contributed by atoms with Crippen LogP contribution in [0.4, 0.5) is 5.82 Å². The van der Waals surface area contributed by atoms with Gasteiger partial charge in [0.15, 0.2) is 0 Å². The highest BCUT2D eigenvalue weighted by atomic mass is 79.9. The lowest BCUT2D eigenvalue weighted by Gasteiger charge is -2.28. The highest BCUT2D eigenvalue weighted by Crippen LogP contribution is 2.28. The van der Waals surface area contributed by atoms with Crippen LogP contribution in [-0.2, 0) is 0 Å². The third-order valence-electron chi connectivity index (χ3n) is 3.80. The zero-order valence-electron chi connectivity index (χ0n) is 10.7. The van der Waals surface area contributed by atoms with Gasteiger partial charge >= 0.3 is 0 Å². The molecule has 2 rings (SSSR count). The number of aromatic nitrogens is 1. The molecule has 1 aliphatic rings. The fourth-order valence-electron chi connectivity index (χ4n) is 2.55. The van der Waals surface area contributed by atoms with Gasteiger partial charge in [-0.15, -0.1) is 0 Å². The molecule has 1 fully saturated rings. The van der Waals surface area contributed by atoms with Gasteiger partial charge in [-0.05, 0) is 66.6 Å². The van der Waals surface area contributed by atoms with Crippen molar-refractivity contribution in [1.29, 1.82) is 0 Å². The third-order valence-corrected chi connectivity index (χ3v) is 4.64. The Hall–Kier alpha value is -0.570. The molecule has 0 aromatic carbocycles. The van der Waals surface area contributed by atoms with E-state index in [2.05, 4.69) is 45.3 Å². The van der Waals surface area contributed by atoms with Crippen LogP contribution in [0.15, 0.2) is 16.6 Å². The SMILES string of the molecule is CCC1CCC(Nc2ccc(Br)c(C)n2)CC1. The van der Waals surface area contributed by atoms with Crippen molar-refractivity contribution in [1.82, 2.24) is 4.98 Å². The molecule has 0 aliphatic heterocycles. The summed E-state index contributed by atoms with van der Waals surface area (Å²) in [5.74, 6) is 1.97. The predicted molar refractivity (Wildman–Crippen MR) is 76.3 cm³/mol. The van der Waals surface area contributed by atoms with Gasteiger partial charge in [0.25, 0.3) is 0 Å². The highest BCUT2D eigenvalue weighted by molar-refractivity contribution is 9.10. The highest BCUT2D eigenvalue weighted by Gasteiger charge is 2.19. The monoisotopic (exact) mass is 296 g/mol. The van der Waals surface area contributed by atoms with E-state index in [1.807, 2.05) is 6.92 Å². The minimum absolute atomic E-state index is 0.617. The maximum absolute atomic E-state index is 4.55. The number of halogens is 1. The van der Waals surface area contributed by atoms with Crippen LogP contribution in [0.3, 0.4) is 0 Å². The molecule has 0 atom stereocenters. The van der Waals surface area contributed by atoms with Crippen LogP contribution in [0.1, 0.15) is 44.7 Å². The second-order valence-electron chi connectivity index (χ2n) is 5.03. The molecule has 1 aromatic heterocycles. The molecule has 3 heteroatoms. The minimum atomic E-state index is 0.617. The summed E-state index contributed by atoms with van der Waals surface area (Å²) in [6.07, 6.45) is 6.64. The number of pyridine rings is 1. The van der Waals surface area contributed by atoms with Crippen molar-refractivity contribution >= 4 is 21.7 Å². The molecule has 0 unspecified atom stereocenters. The maximum atomic E-state index is 4.55. The predicted octanol–water partition coefficient (Wildman–Crippen LogP) is 4.53. The topological polar surface area (TPSA) is 24.9 Å². The van der Waals surface area contributed by atoms with E-state index in [0.29, 0.717) is 6.04 Å². The summed E-state index contributed by atoms with van der Waals surface area (Å²) >= 11 is 3.48. The molecular weight excluding hydrogens is 276 g/mol. The van der Waals surface area contributed by atoms with Crippen LogP contribution in [-0.4, -0.2) is 11.0 Å². The van der Waals surface area contributed by atoms with Gasteiger partial charge in [0, 0.05) is 10.5 Å². The van der Waals surface area contributed by atoms with E-state index in [4.69, 9.17) is 0 Å². The van der Waals surface area contributed by atoms with Gasteiger partial charge in [-0.2, -0.15) is 0 Å². The van der Waals surface area contributed by atoms with E-state index in [1.165, 1.54) is 32.1 Å². The molecule has 1 heterocycles. The quantitative estimate of drug-likeness (QED) is 0.886. The second-order valence-corrected chi connectivity index (χ2v) is 5.89. The summed E-state index contributed by atoms with van der Waals surface area (Å²) in [6.45, 7) is 4.33. The first-order valence-electron chi connectivity index (χ1n) is 6.58. The average molecular weight is 297 g/mol. The lowest BCUT2D eigenvalue weighted by molar-refractivity contribution is 0.330. The third kappa shape index (κ3) is 3.44. The van der Waals surface area contributed by atoms with Crippen LogP contribution in [0.25, 0.3) is 0 Å². The zero-order valence-corrected chi connectivity index (χ0v) is 12.3.